The lowest BCUT2D eigenvalue weighted by atomic mass is 9.89. The smallest absolute Gasteiger partial charge is 0.255 e. The molecule has 0 saturated heterocycles. The van der Waals surface area contributed by atoms with Crippen molar-refractivity contribution in [2.45, 2.75) is 18.8 Å². The number of halogens is 1. The maximum atomic E-state index is 13.0. The van der Waals surface area contributed by atoms with Gasteiger partial charge in [-0.25, -0.2) is 0 Å². The molecule has 1 aliphatic carbocycles. The van der Waals surface area contributed by atoms with Crippen molar-refractivity contribution in [2.75, 3.05) is 5.32 Å². The van der Waals surface area contributed by atoms with Crippen molar-refractivity contribution < 1.29 is 14.3 Å². The van der Waals surface area contributed by atoms with Crippen LogP contribution >= 0.6 is 11.6 Å². The van der Waals surface area contributed by atoms with Crippen molar-refractivity contribution in [3.05, 3.63) is 179 Å². The summed E-state index contributed by atoms with van der Waals surface area (Å²) in [6.45, 7) is 0.458. The van der Waals surface area contributed by atoms with Crippen molar-refractivity contribution in [3.63, 3.8) is 0 Å². The summed E-state index contributed by atoms with van der Waals surface area (Å²) >= 11 is 7.19. The highest BCUT2D eigenvalue weighted by atomic mass is 35.5. The first-order chi connectivity index (χ1) is 22.6. The Morgan fingerprint density at radius 3 is 2.02 bits per heavy atom. The number of para-hydroxylation sites is 2. The zero-order valence-electron chi connectivity index (χ0n) is 24.8. The molecule has 226 valence electrons. The fourth-order valence-corrected chi connectivity index (χ4v) is 5.89. The average molecular weight is 624 g/mol. The van der Waals surface area contributed by atoms with Gasteiger partial charge in [-0.05, 0) is 66.2 Å². The Hall–Kier alpha value is -5.59. The molecule has 2 unspecified atom stereocenters. The zero-order valence-corrected chi connectivity index (χ0v) is 25.5. The summed E-state index contributed by atoms with van der Waals surface area (Å²) in [5.41, 5.74) is 5.76. The number of carbonyl (C=O) groups excluding carboxylic acids is 1. The highest BCUT2D eigenvalue weighted by Crippen LogP contribution is 2.45. The third kappa shape index (κ3) is 6.29. The largest absolute Gasteiger partial charge is 0.480 e. The number of ether oxygens (including phenoxy) is 2. The minimum atomic E-state index is -0.518. The van der Waals surface area contributed by atoms with Gasteiger partial charge in [0.1, 0.15) is 11.5 Å². The molecule has 1 heterocycles. The summed E-state index contributed by atoms with van der Waals surface area (Å²) in [4.78, 5) is 17.4. The second-order valence-electron chi connectivity index (χ2n) is 10.9. The van der Waals surface area contributed by atoms with Gasteiger partial charge in [-0.2, -0.15) is 0 Å². The highest BCUT2D eigenvalue weighted by molar-refractivity contribution is 6.30. The number of hydrogen-bond acceptors (Lipinski definition) is 5. The molecule has 0 spiro atoms. The number of benzene rings is 5. The molecule has 1 aliphatic rings. The van der Waals surface area contributed by atoms with Gasteiger partial charge in [0.05, 0.1) is 16.2 Å². The fourth-order valence-electron chi connectivity index (χ4n) is 5.56. The first kappa shape index (κ1) is 29.1. The minimum Gasteiger partial charge on any atom is -0.480 e. The van der Waals surface area contributed by atoms with E-state index < -0.39 is 12.2 Å². The van der Waals surface area contributed by atoms with E-state index in [1.54, 1.807) is 6.20 Å². The number of amides is 1. The Balaban J connectivity index is 1.12. The monoisotopic (exact) mass is 623 g/mol. The molecule has 0 bridgehead atoms. The van der Waals surface area contributed by atoms with Gasteiger partial charge in [-0.1, -0.05) is 90.5 Å². The number of anilines is 1. The summed E-state index contributed by atoms with van der Waals surface area (Å²) in [5, 5.41) is 8.02. The number of nitrogens with one attached hydrogen (secondary N) is 2. The van der Waals surface area contributed by atoms with Crippen LogP contribution in [-0.2, 0) is 6.54 Å². The SMILES string of the molecule is O=C(Nc1ccc2ncccc2c1)c1ccc(CNC2=C(Cl)C(Oc3ccccc3)c3ccccc3C2Oc2ccccc2)cc1. The number of rotatable bonds is 9. The Bertz CT molecular complexity index is 2010. The molecule has 5 aromatic carbocycles. The normalized spacial score (nSPS) is 15.6. The van der Waals surface area contributed by atoms with Crippen LogP contribution in [0.15, 0.2) is 156 Å². The second kappa shape index (κ2) is 13.2. The van der Waals surface area contributed by atoms with Crippen molar-refractivity contribution in [1.29, 1.82) is 0 Å². The van der Waals surface area contributed by atoms with Crippen LogP contribution < -0.4 is 20.1 Å². The van der Waals surface area contributed by atoms with Crippen LogP contribution in [-0.4, -0.2) is 10.9 Å². The van der Waals surface area contributed by atoms with E-state index in [1.807, 2.05) is 133 Å². The minimum absolute atomic E-state index is 0.186. The Morgan fingerprint density at radius 2 is 1.33 bits per heavy atom. The summed E-state index contributed by atoms with van der Waals surface area (Å²) in [6.07, 6.45) is 0.751. The Morgan fingerprint density at radius 1 is 0.696 bits per heavy atom. The number of hydrogen-bond donors (Lipinski definition) is 2. The second-order valence-corrected chi connectivity index (χ2v) is 11.3. The van der Waals surface area contributed by atoms with Crippen molar-refractivity contribution in [2.24, 2.45) is 0 Å². The van der Waals surface area contributed by atoms with Crippen LogP contribution in [0.5, 0.6) is 11.5 Å². The Labute approximate surface area is 272 Å². The topological polar surface area (TPSA) is 72.5 Å². The quantitative estimate of drug-likeness (QED) is 0.168. The molecule has 0 fully saturated rings. The van der Waals surface area contributed by atoms with Crippen LogP contribution in [0.25, 0.3) is 10.9 Å². The average Bonchev–Trinajstić information content (AvgIpc) is 3.11. The summed E-state index contributed by atoms with van der Waals surface area (Å²) in [6, 6.07) is 44.4. The molecule has 2 atom stereocenters. The van der Waals surface area contributed by atoms with Crippen molar-refractivity contribution in [3.8, 4) is 11.5 Å². The molecule has 1 aromatic heterocycles. The standard InChI is InChI=1S/C39H30ClN3O3/c40-35-36(42-25-26-17-19-27(20-18-26)39(44)43-29-21-22-34-28(24-29)10-9-23-41-34)38(46-31-13-5-2-6-14-31)33-16-8-7-15-32(33)37(35)45-30-11-3-1-4-12-30/h1-24,37-38,42H,25H2,(H,43,44). The van der Waals surface area contributed by atoms with Crippen LogP contribution in [0.1, 0.15) is 39.3 Å². The third-order valence-corrected chi connectivity index (χ3v) is 8.27. The van der Waals surface area contributed by atoms with Crippen LogP contribution in [0.3, 0.4) is 0 Å². The number of carbonyl (C=O) groups is 1. The maximum Gasteiger partial charge on any atom is 0.255 e. The van der Waals surface area contributed by atoms with Gasteiger partial charge in [0.15, 0.2) is 12.2 Å². The third-order valence-electron chi connectivity index (χ3n) is 7.86. The van der Waals surface area contributed by atoms with E-state index in [9.17, 15) is 4.79 Å². The number of fused-ring (bicyclic) bond motifs is 2. The lowest BCUT2D eigenvalue weighted by Gasteiger charge is -2.34. The molecule has 2 N–H and O–H groups in total. The molecule has 7 rings (SSSR count). The first-order valence-electron chi connectivity index (χ1n) is 15.0. The molecule has 0 saturated carbocycles. The van der Waals surface area contributed by atoms with E-state index in [0.29, 0.717) is 22.8 Å². The highest BCUT2D eigenvalue weighted by Gasteiger charge is 2.36. The van der Waals surface area contributed by atoms with E-state index in [0.717, 1.165) is 44.8 Å². The fraction of sp³-hybridized carbons (Fsp3) is 0.0769. The van der Waals surface area contributed by atoms with E-state index in [1.165, 1.54) is 0 Å². The summed E-state index contributed by atoms with van der Waals surface area (Å²) < 4.78 is 13.0. The van der Waals surface area contributed by atoms with Crippen LogP contribution in [0.2, 0.25) is 0 Å². The van der Waals surface area contributed by atoms with Crippen LogP contribution in [0, 0.1) is 0 Å². The zero-order chi connectivity index (χ0) is 31.3. The molecule has 0 radical (unpaired) electrons. The van der Waals surface area contributed by atoms with Crippen molar-refractivity contribution in [1.82, 2.24) is 10.3 Å². The summed E-state index contributed by atoms with van der Waals surface area (Å²) in [7, 11) is 0. The number of nitrogens with zero attached hydrogens (tertiary/aromatic N) is 1. The van der Waals surface area contributed by atoms with Gasteiger partial charge in [-0.3, -0.25) is 9.78 Å². The van der Waals surface area contributed by atoms with Crippen molar-refractivity contribution >= 4 is 34.1 Å². The number of aromatic nitrogens is 1. The van der Waals surface area contributed by atoms with Gasteiger partial charge >= 0.3 is 0 Å². The molecule has 1 amide bonds. The molecule has 46 heavy (non-hydrogen) atoms. The van der Waals surface area contributed by atoms with Crippen LogP contribution in [0.4, 0.5) is 5.69 Å². The van der Waals surface area contributed by atoms with E-state index in [-0.39, 0.29) is 5.91 Å². The van der Waals surface area contributed by atoms with Gasteiger partial charge in [0.2, 0.25) is 0 Å². The first-order valence-corrected chi connectivity index (χ1v) is 15.4. The molecule has 7 heteroatoms. The van der Waals surface area contributed by atoms with E-state index in [2.05, 4.69) is 21.7 Å². The predicted molar refractivity (Wildman–Crippen MR) is 182 cm³/mol. The number of pyridine rings is 1. The van der Waals surface area contributed by atoms with Gasteiger partial charge in [-0.15, -0.1) is 0 Å². The van der Waals surface area contributed by atoms with Gasteiger partial charge < -0.3 is 20.1 Å². The lowest BCUT2D eigenvalue weighted by Crippen LogP contribution is -2.31. The Kier molecular flexibility index (Phi) is 8.35. The molecule has 0 aliphatic heterocycles. The predicted octanol–water partition coefficient (Wildman–Crippen LogP) is 8.98. The van der Waals surface area contributed by atoms with Gasteiger partial charge in [0.25, 0.3) is 5.91 Å². The maximum absolute atomic E-state index is 13.0. The van der Waals surface area contributed by atoms with Gasteiger partial charge in [0, 0.05) is 40.5 Å². The van der Waals surface area contributed by atoms with E-state index >= 15 is 0 Å². The molecular weight excluding hydrogens is 594 g/mol. The molecule has 6 aromatic rings. The lowest BCUT2D eigenvalue weighted by molar-refractivity contribution is 0.102. The summed E-state index contributed by atoms with van der Waals surface area (Å²) in [5.74, 6) is 1.26. The van der Waals surface area contributed by atoms with E-state index in [4.69, 9.17) is 21.1 Å². The molecule has 6 nitrogen and oxygen atoms in total. The molecular formula is C39H30ClN3O3.